The van der Waals surface area contributed by atoms with E-state index in [2.05, 4.69) is 5.32 Å². The predicted octanol–water partition coefficient (Wildman–Crippen LogP) is 2.14. The highest BCUT2D eigenvalue weighted by molar-refractivity contribution is 7.85. The monoisotopic (exact) mass is 363 g/mol. The van der Waals surface area contributed by atoms with Crippen molar-refractivity contribution in [3.8, 4) is 0 Å². The van der Waals surface area contributed by atoms with E-state index in [0.29, 0.717) is 10.5 Å². The Kier molecular flexibility index (Phi) is 6.82. The molecule has 0 saturated heterocycles. The average Bonchev–Trinajstić information content (AvgIpc) is 2.58. The molecule has 2 atom stereocenters. The van der Waals surface area contributed by atoms with Crippen molar-refractivity contribution in [3.05, 3.63) is 66.0 Å². The Labute approximate surface area is 147 Å². The molecule has 0 aliphatic rings. The van der Waals surface area contributed by atoms with Gasteiger partial charge in [-0.2, -0.15) is 0 Å². The summed E-state index contributed by atoms with van der Waals surface area (Å²) in [6.07, 6.45) is -0.0882. The van der Waals surface area contributed by atoms with Crippen molar-refractivity contribution in [2.24, 2.45) is 0 Å². The fourth-order valence-electron chi connectivity index (χ4n) is 2.25. The molecule has 2 N–H and O–H groups in total. The lowest BCUT2D eigenvalue weighted by atomic mass is 10.1. The van der Waals surface area contributed by atoms with E-state index in [-0.39, 0.29) is 18.6 Å². The topological polar surface area (TPSA) is 83.5 Å². The number of benzene rings is 2. The number of halogens is 1. The van der Waals surface area contributed by atoms with Gasteiger partial charge in [0.15, 0.2) is 0 Å². The van der Waals surface area contributed by atoms with Crippen LogP contribution in [-0.2, 0) is 26.8 Å². The Hall–Kier alpha value is -2.54. The van der Waals surface area contributed by atoms with E-state index in [0.717, 1.165) is 0 Å². The quantitative estimate of drug-likeness (QED) is 0.753. The summed E-state index contributed by atoms with van der Waals surface area (Å²) < 4.78 is 25.3. The number of amides is 1. The minimum atomic E-state index is -1.34. The van der Waals surface area contributed by atoms with Crippen LogP contribution in [0.3, 0.4) is 0 Å². The second-order valence-corrected chi connectivity index (χ2v) is 6.99. The van der Waals surface area contributed by atoms with Crippen LogP contribution in [0, 0.1) is 5.82 Å². The van der Waals surface area contributed by atoms with E-state index in [1.54, 1.807) is 36.4 Å². The summed E-state index contributed by atoms with van der Waals surface area (Å²) in [7, 11) is -1.34. The minimum Gasteiger partial charge on any atom is -0.480 e. The van der Waals surface area contributed by atoms with Gasteiger partial charge in [0.2, 0.25) is 5.91 Å². The van der Waals surface area contributed by atoms with Crippen LogP contribution in [0.4, 0.5) is 4.39 Å². The highest BCUT2D eigenvalue weighted by atomic mass is 32.2. The zero-order valence-corrected chi connectivity index (χ0v) is 14.2. The molecule has 0 aliphatic heterocycles. The van der Waals surface area contributed by atoms with Gasteiger partial charge in [0.05, 0.1) is 17.2 Å². The molecule has 0 radical (unpaired) electrons. The van der Waals surface area contributed by atoms with E-state index in [1.165, 1.54) is 18.2 Å². The van der Waals surface area contributed by atoms with Crippen molar-refractivity contribution in [1.82, 2.24) is 5.32 Å². The predicted molar refractivity (Wildman–Crippen MR) is 92.0 cm³/mol. The first-order valence-corrected chi connectivity index (χ1v) is 8.97. The van der Waals surface area contributed by atoms with Gasteiger partial charge in [-0.1, -0.05) is 30.3 Å². The molecule has 2 rings (SSSR count). The SMILES string of the molecule is O=C(Cc1cccc(F)c1)N[C@H](CC[S@@](=O)c1ccccc1)C(=O)O. The summed E-state index contributed by atoms with van der Waals surface area (Å²) in [5.74, 6) is -2.07. The molecule has 0 aliphatic carbocycles. The number of rotatable bonds is 8. The maximum absolute atomic E-state index is 13.1. The van der Waals surface area contributed by atoms with Gasteiger partial charge in [-0.05, 0) is 36.2 Å². The normalized spacial score (nSPS) is 13.0. The van der Waals surface area contributed by atoms with Crippen LogP contribution in [0.1, 0.15) is 12.0 Å². The third-order valence-corrected chi connectivity index (χ3v) is 4.89. The number of hydrogen-bond donors (Lipinski definition) is 2. The van der Waals surface area contributed by atoms with Crippen molar-refractivity contribution in [1.29, 1.82) is 0 Å². The Balaban J connectivity index is 1.91. The maximum Gasteiger partial charge on any atom is 0.326 e. The van der Waals surface area contributed by atoms with E-state index in [4.69, 9.17) is 0 Å². The Morgan fingerprint density at radius 2 is 1.84 bits per heavy atom. The van der Waals surface area contributed by atoms with Gasteiger partial charge in [-0.3, -0.25) is 9.00 Å². The standard InChI is InChI=1S/C18H18FNO4S/c19-14-6-4-5-13(11-14)12-17(21)20-16(18(22)23)9-10-25(24)15-7-2-1-3-8-15/h1-8,11,16H,9-10,12H2,(H,20,21)(H,22,23)/t16-,25-/m1/s1. The number of aliphatic carboxylic acids is 1. The summed E-state index contributed by atoms with van der Waals surface area (Å²) >= 11 is 0. The summed E-state index contributed by atoms with van der Waals surface area (Å²) in [5, 5.41) is 11.6. The first-order valence-electron chi connectivity index (χ1n) is 7.66. The van der Waals surface area contributed by atoms with Gasteiger partial charge in [0.25, 0.3) is 0 Å². The van der Waals surface area contributed by atoms with Crippen LogP contribution in [-0.4, -0.2) is 33.0 Å². The molecule has 2 aromatic rings. The van der Waals surface area contributed by atoms with E-state index in [9.17, 15) is 23.3 Å². The summed E-state index contributed by atoms with van der Waals surface area (Å²) in [6, 6.07) is 13.1. The lowest BCUT2D eigenvalue weighted by molar-refractivity contribution is -0.141. The highest BCUT2D eigenvalue weighted by Gasteiger charge is 2.21. The van der Waals surface area contributed by atoms with Crippen molar-refractivity contribution < 1.29 is 23.3 Å². The molecule has 0 fully saturated rings. The van der Waals surface area contributed by atoms with E-state index in [1.807, 2.05) is 0 Å². The molecule has 0 saturated carbocycles. The number of carboxylic acids is 1. The van der Waals surface area contributed by atoms with E-state index < -0.39 is 34.5 Å². The summed E-state index contributed by atoms with van der Waals surface area (Å²) in [6.45, 7) is 0. The van der Waals surface area contributed by atoms with E-state index >= 15 is 0 Å². The Bertz CT molecular complexity index is 767. The number of carbonyl (C=O) groups is 2. The van der Waals surface area contributed by atoms with Crippen molar-refractivity contribution >= 4 is 22.7 Å². The fraction of sp³-hybridized carbons (Fsp3) is 0.222. The molecule has 0 bridgehead atoms. The first-order chi connectivity index (χ1) is 12.0. The molecule has 25 heavy (non-hydrogen) atoms. The maximum atomic E-state index is 13.1. The third kappa shape index (κ3) is 6.11. The van der Waals surface area contributed by atoms with Gasteiger partial charge in [0, 0.05) is 10.6 Å². The summed E-state index contributed by atoms with van der Waals surface area (Å²) in [5.41, 5.74) is 0.453. The van der Waals surface area contributed by atoms with Crippen LogP contribution < -0.4 is 5.32 Å². The molecule has 1 amide bonds. The zero-order chi connectivity index (χ0) is 18.2. The second kappa shape index (κ2) is 9.08. The molecular weight excluding hydrogens is 345 g/mol. The first kappa shape index (κ1) is 18.8. The second-order valence-electron chi connectivity index (χ2n) is 5.42. The average molecular weight is 363 g/mol. The van der Waals surface area contributed by atoms with Gasteiger partial charge in [-0.15, -0.1) is 0 Å². The van der Waals surface area contributed by atoms with Crippen LogP contribution in [0.25, 0.3) is 0 Å². The Morgan fingerprint density at radius 1 is 1.12 bits per heavy atom. The number of hydrogen-bond acceptors (Lipinski definition) is 3. The number of nitrogens with one attached hydrogen (secondary N) is 1. The molecule has 0 heterocycles. The van der Waals surface area contributed by atoms with Crippen LogP contribution in [0.2, 0.25) is 0 Å². The molecule has 5 nitrogen and oxygen atoms in total. The Morgan fingerprint density at radius 3 is 2.48 bits per heavy atom. The molecule has 0 spiro atoms. The molecule has 0 aromatic heterocycles. The van der Waals surface area contributed by atoms with Gasteiger partial charge in [0.1, 0.15) is 11.9 Å². The van der Waals surface area contributed by atoms with Crippen molar-refractivity contribution in [2.45, 2.75) is 23.8 Å². The lowest BCUT2D eigenvalue weighted by Crippen LogP contribution is -2.42. The molecular formula is C18H18FNO4S. The van der Waals surface area contributed by atoms with Crippen LogP contribution in [0.5, 0.6) is 0 Å². The van der Waals surface area contributed by atoms with Gasteiger partial charge < -0.3 is 10.4 Å². The van der Waals surface area contributed by atoms with Crippen LogP contribution >= 0.6 is 0 Å². The lowest BCUT2D eigenvalue weighted by Gasteiger charge is -2.14. The van der Waals surface area contributed by atoms with Crippen molar-refractivity contribution in [3.63, 3.8) is 0 Å². The largest absolute Gasteiger partial charge is 0.480 e. The fourth-order valence-corrected chi connectivity index (χ4v) is 3.40. The molecule has 7 heteroatoms. The summed E-state index contributed by atoms with van der Waals surface area (Å²) in [4.78, 5) is 23.9. The molecule has 2 aromatic carbocycles. The molecule has 0 unspecified atom stereocenters. The zero-order valence-electron chi connectivity index (χ0n) is 13.4. The van der Waals surface area contributed by atoms with Gasteiger partial charge >= 0.3 is 5.97 Å². The minimum absolute atomic E-state index is 0.0335. The number of carboxylic acid groups (broad SMARTS) is 1. The highest BCUT2D eigenvalue weighted by Crippen LogP contribution is 2.09. The third-order valence-electron chi connectivity index (χ3n) is 3.49. The van der Waals surface area contributed by atoms with Crippen LogP contribution in [0.15, 0.2) is 59.5 Å². The smallest absolute Gasteiger partial charge is 0.326 e. The molecule has 132 valence electrons. The van der Waals surface area contributed by atoms with Crippen molar-refractivity contribution in [2.75, 3.05) is 5.75 Å². The van der Waals surface area contributed by atoms with Gasteiger partial charge in [-0.25, -0.2) is 9.18 Å². The number of carbonyl (C=O) groups excluding carboxylic acids is 1.